The van der Waals surface area contributed by atoms with Crippen LogP contribution in [0.3, 0.4) is 0 Å². The third kappa shape index (κ3) is 3.44. The fourth-order valence-corrected chi connectivity index (χ4v) is 2.36. The summed E-state index contributed by atoms with van der Waals surface area (Å²) in [5.41, 5.74) is 0.350. The molecular formula is C11H13N3O5S. The van der Waals surface area contributed by atoms with E-state index < -0.39 is 14.8 Å². The summed E-state index contributed by atoms with van der Waals surface area (Å²) < 4.78 is 27.2. The summed E-state index contributed by atoms with van der Waals surface area (Å²) in [6.45, 7) is 0.355. The van der Waals surface area contributed by atoms with E-state index in [1.807, 2.05) is 0 Å². The van der Waals surface area contributed by atoms with E-state index in [9.17, 15) is 18.5 Å². The largest absolute Gasteiger partial charge is 0.423 e. The molecule has 0 atom stereocenters. The molecule has 1 heterocycles. The van der Waals surface area contributed by atoms with Crippen LogP contribution in [0.15, 0.2) is 22.6 Å². The number of nitrogens with one attached hydrogen (secondary N) is 1. The van der Waals surface area contributed by atoms with Crippen LogP contribution in [0.5, 0.6) is 0 Å². The Morgan fingerprint density at radius 3 is 2.85 bits per heavy atom. The standard InChI is InChI=1S/C11H13N3O5S/c1-20(17,18)7-3-6-12-11-13-10-8(14(15)16)4-2-5-9(10)19-11/h2,4-5H,3,6-7H2,1H3,(H,12,13). The third-order valence-electron chi connectivity index (χ3n) is 2.56. The van der Waals surface area contributed by atoms with Gasteiger partial charge in [-0.15, -0.1) is 0 Å². The first-order valence-electron chi connectivity index (χ1n) is 5.82. The number of rotatable bonds is 6. The number of benzene rings is 1. The van der Waals surface area contributed by atoms with Crippen molar-refractivity contribution in [3.8, 4) is 0 Å². The maximum atomic E-state index is 11.0. The molecule has 0 radical (unpaired) electrons. The van der Waals surface area contributed by atoms with E-state index in [4.69, 9.17) is 4.42 Å². The maximum absolute atomic E-state index is 11.0. The minimum absolute atomic E-state index is 0.0559. The molecular weight excluding hydrogens is 286 g/mol. The zero-order valence-electron chi connectivity index (χ0n) is 10.7. The average molecular weight is 299 g/mol. The molecule has 0 saturated heterocycles. The predicted molar refractivity (Wildman–Crippen MR) is 73.5 cm³/mol. The summed E-state index contributed by atoms with van der Waals surface area (Å²) in [5, 5.41) is 13.6. The number of nitrogens with zero attached hydrogens (tertiary/aromatic N) is 2. The lowest BCUT2D eigenvalue weighted by Gasteiger charge is -1.99. The van der Waals surface area contributed by atoms with Crippen LogP contribution < -0.4 is 5.32 Å². The molecule has 0 unspecified atom stereocenters. The Labute approximate surface area is 114 Å². The maximum Gasteiger partial charge on any atom is 0.298 e. The van der Waals surface area contributed by atoms with Crippen molar-refractivity contribution in [2.75, 3.05) is 23.9 Å². The van der Waals surface area contributed by atoms with Crippen molar-refractivity contribution in [2.24, 2.45) is 0 Å². The van der Waals surface area contributed by atoms with Crippen molar-refractivity contribution >= 4 is 32.6 Å². The normalized spacial score (nSPS) is 11.7. The molecule has 0 spiro atoms. The number of nitro benzene ring substituents is 1. The summed E-state index contributed by atoms with van der Waals surface area (Å²) in [5.74, 6) is 0.0559. The molecule has 1 aromatic carbocycles. The Bertz CT molecular complexity index is 738. The Morgan fingerprint density at radius 1 is 1.45 bits per heavy atom. The van der Waals surface area contributed by atoms with E-state index in [1.165, 1.54) is 12.1 Å². The molecule has 0 fully saturated rings. The van der Waals surface area contributed by atoms with Gasteiger partial charge in [0.2, 0.25) is 0 Å². The topological polar surface area (TPSA) is 115 Å². The van der Waals surface area contributed by atoms with Gasteiger partial charge in [0.05, 0.1) is 10.7 Å². The summed E-state index contributed by atoms with van der Waals surface area (Å²) in [6.07, 6.45) is 1.56. The van der Waals surface area contributed by atoms with Gasteiger partial charge in [-0.25, -0.2) is 8.42 Å². The lowest BCUT2D eigenvalue weighted by molar-refractivity contribution is -0.383. The molecule has 108 valence electrons. The van der Waals surface area contributed by atoms with Crippen molar-refractivity contribution < 1.29 is 17.8 Å². The van der Waals surface area contributed by atoms with Crippen molar-refractivity contribution in [1.29, 1.82) is 0 Å². The smallest absolute Gasteiger partial charge is 0.298 e. The van der Waals surface area contributed by atoms with Gasteiger partial charge < -0.3 is 9.73 Å². The molecule has 2 aromatic rings. The fraction of sp³-hybridized carbons (Fsp3) is 0.364. The van der Waals surface area contributed by atoms with E-state index in [0.29, 0.717) is 18.5 Å². The predicted octanol–water partition coefficient (Wildman–Crippen LogP) is 1.58. The number of hydrogen-bond acceptors (Lipinski definition) is 7. The van der Waals surface area contributed by atoms with Crippen LogP contribution >= 0.6 is 0 Å². The highest BCUT2D eigenvalue weighted by Crippen LogP contribution is 2.27. The first-order valence-corrected chi connectivity index (χ1v) is 7.88. The molecule has 2 rings (SSSR count). The van der Waals surface area contributed by atoms with Gasteiger partial charge in [-0.05, 0) is 12.5 Å². The summed E-state index contributed by atoms with van der Waals surface area (Å²) >= 11 is 0. The molecule has 0 aliphatic heterocycles. The number of nitro groups is 1. The van der Waals surface area contributed by atoms with Crippen LogP contribution in [-0.4, -0.2) is 36.9 Å². The van der Waals surface area contributed by atoms with E-state index in [0.717, 1.165) is 6.26 Å². The minimum atomic E-state index is -3.00. The fourth-order valence-electron chi connectivity index (χ4n) is 1.69. The number of anilines is 1. The minimum Gasteiger partial charge on any atom is -0.423 e. The molecule has 0 saturated carbocycles. The van der Waals surface area contributed by atoms with Gasteiger partial charge in [-0.1, -0.05) is 6.07 Å². The van der Waals surface area contributed by atoms with Crippen LogP contribution in [0.2, 0.25) is 0 Å². The van der Waals surface area contributed by atoms with Crippen LogP contribution in [0.1, 0.15) is 6.42 Å². The molecule has 1 N–H and O–H groups in total. The molecule has 8 nitrogen and oxygen atoms in total. The van der Waals surface area contributed by atoms with Crippen molar-refractivity contribution in [3.05, 3.63) is 28.3 Å². The summed E-state index contributed by atoms with van der Waals surface area (Å²) in [7, 11) is -3.00. The summed E-state index contributed by atoms with van der Waals surface area (Å²) in [4.78, 5) is 14.3. The molecule has 0 aliphatic carbocycles. The van der Waals surface area contributed by atoms with Crippen molar-refractivity contribution in [3.63, 3.8) is 0 Å². The number of fused-ring (bicyclic) bond motifs is 1. The highest BCUT2D eigenvalue weighted by Gasteiger charge is 2.17. The number of aromatic nitrogens is 1. The third-order valence-corrected chi connectivity index (χ3v) is 3.59. The van der Waals surface area contributed by atoms with Crippen LogP contribution in [0.4, 0.5) is 11.7 Å². The van der Waals surface area contributed by atoms with Crippen molar-refractivity contribution in [2.45, 2.75) is 6.42 Å². The number of para-hydroxylation sites is 1. The van der Waals surface area contributed by atoms with Gasteiger partial charge in [-0.2, -0.15) is 4.98 Å². The van der Waals surface area contributed by atoms with Gasteiger partial charge in [0.1, 0.15) is 9.84 Å². The second kappa shape index (κ2) is 5.45. The first kappa shape index (κ1) is 14.3. The first-order chi connectivity index (χ1) is 9.37. The monoisotopic (exact) mass is 299 g/mol. The van der Waals surface area contributed by atoms with Gasteiger partial charge in [0.15, 0.2) is 11.1 Å². The van der Waals surface area contributed by atoms with E-state index in [-0.39, 0.29) is 23.0 Å². The Kier molecular flexibility index (Phi) is 3.89. The second-order valence-electron chi connectivity index (χ2n) is 4.31. The Morgan fingerprint density at radius 2 is 2.20 bits per heavy atom. The highest BCUT2D eigenvalue weighted by molar-refractivity contribution is 7.90. The zero-order chi connectivity index (χ0) is 14.8. The van der Waals surface area contributed by atoms with Gasteiger partial charge in [-0.3, -0.25) is 10.1 Å². The quantitative estimate of drug-likeness (QED) is 0.489. The molecule has 0 aliphatic rings. The van der Waals surface area contributed by atoms with E-state index in [2.05, 4.69) is 10.3 Å². The number of hydrogen-bond donors (Lipinski definition) is 1. The van der Waals surface area contributed by atoms with E-state index in [1.54, 1.807) is 6.07 Å². The molecule has 0 bridgehead atoms. The van der Waals surface area contributed by atoms with Crippen LogP contribution in [0.25, 0.3) is 11.1 Å². The van der Waals surface area contributed by atoms with Gasteiger partial charge in [0.25, 0.3) is 11.7 Å². The van der Waals surface area contributed by atoms with Crippen LogP contribution in [-0.2, 0) is 9.84 Å². The number of non-ortho nitro benzene ring substituents is 1. The SMILES string of the molecule is CS(=O)(=O)CCCNc1nc2c([N+](=O)[O-])cccc2o1. The molecule has 9 heteroatoms. The molecule has 20 heavy (non-hydrogen) atoms. The Balaban J connectivity index is 2.09. The summed E-state index contributed by atoms with van der Waals surface area (Å²) in [6, 6.07) is 4.58. The second-order valence-corrected chi connectivity index (χ2v) is 6.57. The van der Waals surface area contributed by atoms with Crippen molar-refractivity contribution in [1.82, 2.24) is 4.98 Å². The molecule has 1 aromatic heterocycles. The lowest BCUT2D eigenvalue weighted by Crippen LogP contribution is -2.09. The highest BCUT2D eigenvalue weighted by atomic mass is 32.2. The number of sulfone groups is 1. The van der Waals surface area contributed by atoms with Gasteiger partial charge in [0, 0.05) is 18.9 Å². The average Bonchev–Trinajstić information content (AvgIpc) is 2.75. The van der Waals surface area contributed by atoms with E-state index >= 15 is 0 Å². The molecule has 0 amide bonds. The van der Waals surface area contributed by atoms with Gasteiger partial charge >= 0.3 is 0 Å². The number of oxazole rings is 1. The lowest BCUT2D eigenvalue weighted by atomic mass is 10.3. The zero-order valence-corrected chi connectivity index (χ0v) is 11.5. The van der Waals surface area contributed by atoms with Crippen LogP contribution in [0, 0.1) is 10.1 Å². The Hall–Kier alpha value is -2.16.